The molecule has 2 fully saturated rings. The lowest BCUT2D eigenvalue weighted by Crippen LogP contribution is -2.52. The van der Waals surface area contributed by atoms with Crippen LogP contribution in [0.4, 0.5) is 0 Å². The van der Waals surface area contributed by atoms with Gasteiger partial charge in [0.2, 0.25) is 0 Å². The number of ether oxygens (including phenoxy) is 1. The van der Waals surface area contributed by atoms with Gasteiger partial charge in [-0.3, -0.25) is 4.90 Å². The molecule has 0 aromatic carbocycles. The van der Waals surface area contributed by atoms with Crippen LogP contribution in [0, 0.1) is 17.2 Å². The Bertz CT molecular complexity index is 248. The van der Waals surface area contributed by atoms with Gasteiger partial charge in [0.1, 0.15) is 0 Å². The van der Waals surface area contributed by atoms with Gasteiger partial charge >= 0.3 is 0 Å². The minimum Gasteiger partial charge on any atom is -0.379 e. The van der Waals surface area contributed by atoms with Crippen LogP contribution in [0.2, 0.25) is 0 Å². The van der Waals surface area contributed by atoms with Gasteiger partial charge in [-0.25, -0.2) is 0 Å². The Kier molecular flexibility index (Phi) is 3.61. The molecule has 0 spiro atoms. The third-order valence-electron chi connectivity index (χ3n) is 3.74. The third-order valence-corrected chi connectivity index (χ3v) is 3.74. The van der Waals surface area contributed by atoms with Gasteiger partial charge in [0.15, 0.2) is 0 Å². The number of rotatable bonds is 1. The van der Waals surface area contributed by atoms with Crippen LogP contribution in [0.5, 0.6) is 0 Å². The Morgan fingerprint density at radius 1 is 1.33 bits per heavy atom. The molecule has 0 aromatic heterocycles. The number of hydrogen-bond acceptors (Lipinski definition) is 3. The van der Waals surface area contributed by atoms with Crippen LogP contribution in [-0.4, -0.2) is 36.7 Å². The first-order chi connectivity index (χ1) is 7.33. The van der Waals surface area contributed by atoms with Crippen molar-refractivity contribution in [2.45, 2.75) is 44.7 Å². The quantitative estimate of drug-likeness (QED) is 0.659. The molecule has 2 aliphatic rings. The molecule has 2 rings (SSSR count). The van der Waals surface area contributed by atoms with E-state index in [0.29, 0.717) is 12.1 Å². The molecule has 0 radical (unpaired) electrons. The summed E-state index contributed by atoms with van der Waals surface area (Å²) in [5.74, 6) is 0.249. The summed E-state index contributed by atoms with van der Waals surface area (Å²) in [7, 11) is 0. The van der Waals surface area contributed by atoms with Gasteiger partial charge in [0.05, 0.1) is 25.2 Å². The summed E-state index contributed by atoms with van der Waals surface area (Å²) >= 11 is 0. The summed E-state index contributed by atoms with van der Waals surface area (Å²) in [6.45, 7) is 4.87. The van der Waals surface area contributed by atoms with Crippen molar-refractivity contribution in [2.75, 3.05) is 19.8 Å². The third kappa shape index (κ3) is 2.32. The molecular formula is C12H20N2O. The van der Waals surface area contributed by atoms with Crippen molar-refractivity contribution in [3.8, 4) is 6.07 Å². The number of hydrogen-bond donors (Lipinski definition) is 0. The molecule has 0 bridgehead atoms. The lowest BCUT2D eigenvalue weighted by atomic mass is 9.84. The fourth-order valence-corrected chi connectivity index (χ4v) is 2.89. The molecule has 1 aliphatic heterocycles. The van der Waals surface area contributed by atoms with Crippen molar-refractivity contribution in [1.82, 2.24) is 4.90 Å². The average Bonchev–Trinajstić information content (AvgIpc) is 2.30. The van der Waals surface area contributed by atoms with Gasteiger partial charge in [-0.1, -0.05) is 12.8 Å². The maximum atomic E-state index is 9.17. The SMILES string of the molecule is CC1COCCN1C1CCCCC1C#N. The zero-order valence-corrected chi connectivity index (χ0v) is 9.48. The van der Waals surface area contributed by atoms with E-state index in [4.69, 9.17) is 4.74 Å². The number of nitriles is 1. The molecule has 1 saturated carbocycles. The summed E-state index contributed by atoms with van der Waals surface area (Å²) in [5, 5.41) is 9.17. The number of nitrogens with zero attached hydrogens (tertiary/aromatic N) is 2. The van der Waals surface area contributed by atoms with Gasteiger partial charge in [0.25, 0.3) is 0 Å². The van der Waals surface area contributed by atoms with Crippen LogP contribution >= 0.6 is 0 Å². The van der Waals surface area contributed by atoms with Crippen molar-refractivity contribution in [3.05, 3.63) is 0 Å². The molecule has 84 valence electrons. The van der Waals surface area contributed by atoms with Crippen LogP contribution in [0.25, 0.3) is 0 Å². The Balaban J connectivity index is 2.03. The summed E-state index contributed by atoms with van der Waals surface area (Å²) in [6.07, 6.45) is 4.80. The summed E-state index contributed by atoms with van der Waals surface area (Å²) < 4.78 is 5.45. The highest BCUT2D eigenvalue weighted by atomic mass is 16.5. The second kappa shape index (κ2) is 4.96. The molecule has 1 heterocycles. The normalized spacial score (nSPS) is 38.5. The van der Waals surface area contributed by atoms with E-state index in [-0.39, 0.29) is 5.92 Å². The first-order valence-electron chi connectivity index (χ1n) is 6.06. The summed E-state index contributed by atoms with van der Waals surface area (Å²) in [6, 6.07) is 3.46. The molecule has 0 N–H and O–H groups in total. The standard InChI is InChI=1S/C12H20N2O/c1-10-9-15-7-6-14(10)12-5-3-2-4-11(12)8-13/h10-12H,2-7,9H2,1H3. The first-order valence-corrected chi connectivity index (χ1v) is 6.06. The minimum absolute atomic E-state index is 0.249. The largest absolute Gasteiger partial charge is 0.379 e. The van der Waals surface area contributed by atoms with E-state index in [2.05, 4.69) is 17.9 Å². The molecule has 0 amide bonds. The fraction of sp³-hybridized carbons (Fsp3) is 0.917. The predicted molar refractivity (Wildman–Crippen MR) is 58.3 cm³/mol. The molecule has 1 aliphatic carbocycles. The summed E-state index contributed by atoms with van der Waals surface area (Å²) in [4.78, 5) is 2.50. The molecule has 3 atom stereocenters. The molecule has 15 heavy (non-hydrogen) atoms. The van der Waals surface area contributed by atoms with Gasteiger partial charge in [0, 0.05) is 18.6 Å². The molecule has 3 nitrogen and oxygen atoms in total. The van der Waals surface area contributed by atoms with E-state index in [0.717, 1.165) is 26.2 Å². The smallest absolute Gasteiger partial charge is 0.0672 e. The highest BCUT2D eigenvalue weighted by Crippen LogP contribution is 2.29. The van der Waals surface area contributed by atoms with Crippen molar-refractivity contribution in [1.29, 1.82) is 5.26 Å². The maximum Gasteiger partial charge on any atom is 0.0672 e. The van der Waals surface area contributed by atoms with E-state index < -0.39 is 0 Å². The van der Waals surface area contributed by atoms with E-state index >= 15 is 0 Å². The van der Waals surface area contributed by atoms with E-state index in [1.165, 1.54) is 19.3 Å². The molecule has 0 aromatic rings. The van der Waals surface area contributed by atoms with E-state index in [1.807, 2.05) is 0 Å². The minimum atomic E-state index is 0.249. The first kappa shape index (κ1) is 10.9. The molecule has 3 unspecified atom stereocenters. The highest BCUT2D eigenvalue weighted by Gasteiger charge is 2.33. The lowest BCUT2D eigenvalue weighted by Gasteiger charge is -2.43. The monoisotopic (exact) mass is 208 g/mol. The van der Waals surface area contributed by atoms with Crippen molar-refractivity contribution in [2.24, 2.45) is 5.92 Å². The molecule has 1 saturated heterocycles. The van der Waals surface area contributed by atoms with Crippen LogP contribution in [0.15, 0.2) is 0 Å². The highest BCUT2D eigenvalue weighted by molar-refractivity contribution is 4.97. The molecule has 3 heteroatoms. The topological polar surface area (TPSA) is 36.3 Å². The van der Waals surface area contributed by atoms with Gasteiger partial charge < -0.3 is 4.74 Å². The van der Waals surface area contributed by atoms with Gasteiger partial charge in [-0.2, -0.15) is 5.26 Å². The maximum absolute atomic E-state index is 9.17. The van der Waals surface area contributed by atoms with Crippen LogP contribution < -0.4 is 0 Å². The Labute approximate surface area is 92.0 Å². The zero-order valence-electron chi connectivity index (χ0n) is 9.48. The van der Waals surface area contributed by atoms with Crippen LogP contribution in [-0.2, 0) is 4.74 Å². The van der Waals surface area contributed by atoms with Crippen LogP contribution in [0.1, 0.15) is 32.6 Å². The van der Waals surface area contributed by atoms with Crippen LogP contribution in [0.3, 0.4) is 0 Å². The second-order valence-electron chi connectivity index (χ2n) is 4.75. The molecular weight excluding hydrogens is 188 g/mol. The van der Waals surface area contributed by atoms with E-state index in [1.54, 1.807) is 0 Å². The second-order valence-corrected chi connectivity index (χ2v) is 4.75. The predicted octanol–water partition coefficient (Wildman–Crippen LogP) is 1.79. The van der Waals surface area contributed by atoms with Crippen molar-refractivity contribution in [3.63, 3.8) is 0 Å². The van der Waals surface area contributed by atoms with Gasteiger partial charge in [-0.15, -0.1) is 0 Å². The summed E-state index contributed by atoms with van der Waals surface area (Å²) in [5.41, 5.74) is 0. The lowest BCUT2D eigenvalue weighted by molar-refractivity contribution is -0.0368. The van der Waals surface area contributed by atoms with E-state index in [9.17, 15) is 5.26 Å². The Hall–Kier alpha value is -0.590. The zero-order chi connectivity index (χ0) is 10.7. The average molecular weight is 208 g/mol. The van der Waals surface area contributed by atoms with Crippen molar-refractivity contribution < 1.29 is 4.74 Å². The van der Waals surface area contributed by atoms with Gasteiger partial charge in [-0.05, 0) is 19.8 Å². The van der Waals surface area contributed by atoms with Crippen molar-refractivity contribution >= 4 is 0 Å². The Morgan fingerprint density at radius 2 is 2.13 bits per heavy atom. The number of morpholine rings is 1. The Morgan fingerprint density at radius 3 is 2.87 bits per heavy atom. The fourth-order valence-electron chi connectivity index (χ4n) is 2.89.